The molecular formula is C15H18BrNOS. The van der Waals surface area contributed by atoms with Gasteiger partial charge in [0.2, 0.25) is 0 Å². The number of benzene rings is 1. The van der Waals surface area contributed by atoms with Gasteiger partial charge in [-0.15, -0.1) is 11.3 Å². The Kier molecular flexibility index (Phi) is 5.02. The Labute approximate surface area is 126 Å². The molecule has 1 unspecified atom stereocenters. The maximum Gasteiger partial charge on any atom is 0.133 e. The van der Waals surface area contributed by atoms with E-state index in [0.29, 0.717) is 6.04 Å². The molecule has 0 radical (unpaired) electrons. The molecule has 1 atom stereocenters. The third kappa shape index (κ3) is 3.81. The summed E-state index contributed by atoms with van der Waals surface area (Å²) < 4.78 is 6.24. The summed E-state index contributed by atoms with van der Waals surface area (Å²) in [6.45, 7) is 5.22. The van der Waals surface area contributed by atoms with Gasteiger partial charge in [0.1, 0.15) is 5.75 Å². The Hall–Kier alpha value is -0.840. The second-order valence-corrected chi connectivity index (χ2v) is 6.74. The first-order valence-corrected chi connectivity index (χ1v) is 7.83. The first-order chi connectivity index (χ1) is 9.10. The van der Waals surface area contributed by atoms with Crippen LogP contribution in [0.4, 0.5) is 0 Å². The molecule has 0 amide bonds. The Balaban J connectivity index is 1.99. The Bertz CT molecular complexity index is 553. The van der Waals surface area contributed by atoms with Gasteiger partial charge in [0.25, 0.3) is 0 Å². The van der Waals surface area contributed by atoms with Gasteiger partial charge >= 0.3 is 0 Å². The number of halogens is 1. The summed E-state index contributed by atoms with van der Waals surface area (Å²) in [5.74, 6) is 0.866. The highest BCUT2D eigenvalue weighted by Crippen LogP contribution is 2.28. The molecule has 0 aliphatic carbocycles. The van der Waals surface area contributed by atoms with Crippen LogP contribution < -0.4 is 10.1 Å². The Morgan fingerprint density at radius 1 is 1.32 bits per heavy atom. The predicted molar refractivity (Wildman–Crippen MR) is 85.0 cm³/mol. The van der Waals surface area contributed by atoms with E-state index in [1.165, 1.54) is 15.3 Å². The van der Waals surface area contributed by atoms with Crippen LogP contribution in [0.3, 0.4) is 0 Å². The fraction of sp³-hybridized carbons (Fsp3) is 0.333. The van der Waals surface area contributed by atoms with Gasteiger partial charge in [-0.1, -0.05) is 6.07 Å². The molecule has 0 bridgehead atoms. The molecule has 0 aliphatic rings. The number of thiophene rings is 1. The molecule has 1 heterocycles. The van der Waals surface area contributed by atoms with Crippen molar-refractivity contribution in [1.29, 1.82) is 0 Å². The average molecular weight is 340 g/mol. The fourth-order valence-corrected chi connectivity index (χ4v) is 3.30. The molecule has 0 saturated carbocycles. The topological polar surface area (TPSA) is 21.3 Å². The van der Waals surface area contributed by atoms with Crippen molar-refractivity contribution in [3.8, 4) is 5.75 Å². The number of hydrogen-bond donors (Lipinski definition) is 1. The molecule has 102 valence electrons. The molecule has 1 N–H and O–H groups in total. The van der Waals surface area contributed by atoms with Gasteiger partial charge in [-0.05, 0) is 59.6 Å². The van der Waals surface area contributed by atoms with Crippen LogP contribution in [-0.4, -0.2) is 7.11 Å². The fourth-order valence-electron chi connectivity index (χ4n) is 1.90. The van der Waals surface area contributed by atoms with Crippen molar-refractivity contribution < 1.29 is 4.74 Å². The van der Waals surface area contributed by atoms with Crippen molar-refractivity contribution in [2.45, 2.75) is 26.4 Å². The van der Waals surface area contributed by atoms with Crippen LogP contribution in [0.1, 0.15) is 28.3 Å². The number of aryl methyl sites for hydroxylation is 1. The first-order valence-electron chi connectivity index (χ1n) is 6.22. The van der Waals surface area contributed by atoms with Gasteiger partial charge in [0.15, 0.2) is 0 Å². The number of rotatable bonds is 5. The van der Waals surface area contributed by atoms with Crippen molar-refractivity contribution in [3.05, 3.63) is 50.1 Å². The second kappa shape index (κ2) is 6.55. The second-order valence-electron chi connectivity index (χ2n) is 4.51. The van der Waals surface area contributed by atoms with Crippen molar-refractivity contribution in [2.75, 3.05) is 7.11 Å². The van der Waals surface area contributed by atoms with Crippen molar-refractivity contribution in [2.24, 2.45) is 0 Å². The van der Waals surface area contributed by atoms with Gasteiger partial charge in [0.05, 0.1) is 11.6 Å². The summed E-state index contributed by atoms with van der Waals surface area (Å²) in [5.41, 5.74) is 1.25. The summed E-state index contributed by atoms with van der Waals surface area (Å²) in [4.78, 5) is 2.73. The zero-order chi connectivity index (χ0) is 13.8. The Morgan fingerprint density at radius 2 is 2.11 bits per heavy atom. The van der Waals surface area contributed by atoms with E-state index in [1.54, 1.807) is 7.11 Å². The summed E-state index contributed by atoms with van der Waals surface area (Å²) in [6.07, 6.45) is 0. The summed E-state index contributed by atoms with van der Waals surface area (Å²) in [7, 11) is 1.68. The normalized spacial score (nSPS) is 12.4. The lowest BCUT2D eigenvalue weighted by Crippen LogP contribution is -2.17. The minimum absolute atomic E-state index is 0.310. The maximum absolute atomic E-state index is 5.25. The van der Waals surface area contributed by atoms with E-state index in [1.807, 2.05) is 17.4 Å². The lowest BCUT2D eigenvalue weighted by Gasteiger charge is -2.15. The lowest BCUT2D eigenvalue weighted by atomic mass is 10.1. The van der Waals surface area contributed by atoms with Crippen LogP contribution in [0, 0.1) is 6.92 Å². The van der Waals surface area contributed by atoms with E-state index in [4.69, 9.17) is 4.74 Å². The molecule has 1 aromatic heterocycles. The largest absolute Gasteiger partial charge is 0.496 e. The lowest BCUT2D eigenvalue weighted by molar-refractivity contribution is 0.411. The van der Waals surface area contributed by atoms with Crippen molar-refractivity contribution in [3.63, 3.8) is 0 Å². The third-order valence-electron chi connectivity index (χ3n) is 3.05. The van der Waals surface area contributed by atoms with Gasteiger partial charge in [-0.2, -0.15) is 0 Å². The highest BCUT2D eigenvalue weighted by Gasteiger charge is 2.08. The average Bonchev–Trinajstić information content (AvgIpc) is 2.81. The van der Waals surface area contributed by atoms with Crippen LogP contribution in [0.5, 0.6) is 5.75 Å². The molecule has 2 nitrogen and oxygen atoms in total. The zero-order valence-corrected chi connectivity index (χ0v) is 13.8. The zero-order valence-electron chi connectivity index (χ0n) is 11.4. The summed E-state index contributed by atoms with van der Waals surface area (Å²) in [6, 6.07) is 10.9. The van der Waals surface area contributed by atoms with E-state index in [-0.39, 0.29) is 0 Å². The molecule has 2 aromatic rings. The SMILES string of the molecule is COc1ccc(C(C)NCc2ccc(C)s2)cc1Br. The van der Waals surface area contributed by atoms with Gasteiger partial charge in [-0.3, -0.25) is 0 Å². The van der Waals surface area contributed by atoms with Gasteiger partial charge in [0, 0.05) is 22.3 Å². The van der Waals surface area contributed by atoms with Crippen LogP contribution in [0.15, 0.2) is 34.8 Å². The van der Waals surface area contributed by atoms with Crippen LogP contribution in [0.2, 0.25) is 0 Å². The monoisotopic (exact) mass is 339 g/mol. The van der Waals surface area contributed by atoms with Crippen molar-refractivity contribution >= 4 is 27.3 Å². The molecule has 1 aromatic carbocycles. The minimum Gasteiger partial charge on any atom is -0.496 e. The number of methoxy groups -OCH3 is 1. The van der Waals surface area contributed by atoms with Crippen LogP contribution in [0.25, 0.3) is 0 Å². The third-order valence-corrected chi connectivity index (χ3v) is 4.67. The quantitative estimate of drug-likeness (QED) is 0.853. The number of ether oxygens (including phenoxy) is 1. The molecule has 4 heteroatoms. The van der Waals surface area contributed by atoms with E-state index in [9.17, 15) is 0 Å². The highest BCUT2D eigenvalue weighted by atomic mass is 79.9. The van der Waals surface area contributed by atoms with E-state index in [2.05, 4.69) is 59.4 Å². The van der Waals surface area contributed by atoms with Gasteiger partial charge in [-0.25, -0.2) is 0 Å². The predicted octanol–water partition coefficient (Wildman–Crippen LogP) is 4.68. The molecule has 19 heavy (non-hydrogen) atoms. The smallest absolute Gasteiger partial charge is 0.133 e. The molecule has 0 spiro atoms. The van der Waals surface area contributed by atoms with Crippen LogP contribution >= 0.6 is 27.3 Å². The molecule has 0 aliphatic heterocycles. The van der Waals surface area contributed by atoms with Gasteiger partial charge < -0.3 is 10.1 Å². The molecule has 2 rings (SSSR count). The summed E-state index contributed by atoms with van der Waals surface area (Å²) >= 11 is 5.37. The minimum atomic E-state index is 0.310. The van der Waals surface area contributed by atoms with E-state index in [0.717, 1.165) is 16.8 Å². The molecule has 0 saturated heterocycles. The number of hydrogen-bond acceptors (Lipinski definition) is 3. The molecular weight excluding hydrogens is 322 g/mol. The highest BCUT2D eigenvalue weighted by molar-refractivity contribution is 9.10. The van der Waals surface area contributed by atoms with E-state index < -0.39 is 0 Å². The van der Waals surface area contributed by atoms with Crippen molar-refractivity contribution in [1.82, 2.24) is 5.32 Å². The van der Waals surface area contributed by atoms with Crippen LogP contribution in [-0.2, 0) is 6.54 Å². The maximum atomic E-state index is 5.25. The Morgan fingerprint density at radius 3 is 2.68 bits per heavy atom. The standard InChI is InChI=1S/C15H18BrNOS/c1-10-4-6-13(19-10)9-17-11(2)12-5-7-15(18-3)14(16)8-12/h4-8,11,17H,9H2,1-3H3. The number of nitrogens with one attached hydrogen (secondary N) is 1. The molecule has 0 fully saturated rings. The first kappa shape index (κ1) is 14.6. The van der Waals surface area contributed by atoms with E-state index >= 15 is 0 Å². The summed E-state index contributed by atoms with van der Waals surface area (Å²) in [5, 5.41) is 3.54.